The van der Waals surface area contributed by atoms with Gasteiger partial charge in [0.15, 0.2) is 11.7 Å². The summed E-state index contributed by atoms with van der Waals surface area (Å²) in [7, 11) is 1.15. The van der Waals surface area contributed by atoms with E-state index in [9.17, 15) is 18.7 Å². The minimum atomic E-state index is -1.77. The molecule has 6 heteroatoms. The topological polar surface area (TPSA) is 55.8 Å². The van der Waals surface area contributed by atoms with Gasteiger partial charge in [0.25, 0.3) is 0 Å². The maximum atomic E-state index is 13.6. The van der Waals surface area contributed by atoms with Crippen LogP contribution in [0.2, 0.25) is 0 Å². The first-order valence-corrected chi connectivity index (χ1v) is 9.43. The summed E-state index contributed by atoms with van der Waals surface area (Å²) in [4.78, 5) is 12.4. The van der Waals surface area contributed by atoms with Crippen molar-refractivity contribution in [3.05, 3.63) is 107 Å². The van der Waals surface area contributed by atoms with E-state index in [4.69, 9.17) is 9.47 Å². The molecule has 0 aliphatic carbocycles. The van der Waals surface area contributed by atoms with Gasteiger partial charge in [-0.3, -0.25) is 0 Å². The third-order valence-corrected chi connectivity index (χ3v) is 4.92. The minimum Gasteiger partial charge on any atom is -0.467 e. The Balaban J connectivity index is 2.08. The highest BCUT2D eigenvalue weighted by Crippen LogP contribution is 2.38. The van der Waals surface area contributed by atoms with Crippen molar-refractivity contribution < 1.29 is 28.2 Å². The maximum absolute atomic E-state index is 13.6. The van der Waals surface area contributed by atoms with Gasteiger partial charge in [0, 0.05) is 0 Å². The number of hydrogen-bond donors (Lipinski definition) is 1. The first-order chi connectivity index (χ1) is 14.5. The van der Waals surface area contributed by atoms with Crippen LogP contribution in [0.25, 0.3) is 0 Å². The fraction of sp³-hybridized carbons (Fsp3) is 0.208. The molecule has 0 amide bonds. The highest BCUT2D eigenvalue weighted by Gasteiger charge is 2.47. The summed E-state index contributed by atoms with van der Waals surface area (Å²) in [5.74, 6) is -1.89. The summed E-state index contributed by atoms with van der Waals surface area (Å²) in [5.41, 5.74) is -0.0522. The van der Waals surface area contributed by atoms with E-state index in [2.05, 4.69) is 0 Å². The Bertz CT molecular complexity index is 911. The van der Waals surface area contributed by atoms with E-state index in [1.54, 1.807) is 0 Å². The normalized spacial score (nSPS) is 12.4. The fourth-order valence-corrected chi connectivity index (χ4v) is 3.38. The molecule has 0 aliphatic heterocycles. The lowest BCUT2D eigenvalue weighted by Gasteiger charge is -2.37. The molecule has 0 spiro atoms. The van der Waals surface area contributed by atoms with Crippen LogP contribution in [0.15, 0.2) is 78.9 Å². The molecule has 156 valence electrons. The molecule has 3 aromatic carbocycles. The van der Waals surface area contributed by atoms with Crippen molar-refractivity contribution in [2.24, 2.45) is 0 Å². The number of carbonyl (C=O) groups is 1. The Morgan fingerprint density at radius 1 is 0.900 bits per heavy atom. The van der Waals surface area contributed by atoms with Gasteiger partial charge in [-0.1, -0.05) is 54.6 Å². The molecule has 0 aliphatic rings. The van der Waals surface area contributed by atoms with Crippen molar-refractivity contribution in [3.8, 4) is 0 Å². The van der Waals surface area contributed by atoms with E-state index in [0.717, 1.165) is 12.7 Å². The van der Waals surface area contributed by atoms with Crippen molar-refractivity contribution in [3.63, 3.8) is 0 Å². The van der Waals surface area contributed by atoms with Crippen LogP contribution in [0.4, 0.5) is 8.78 Å². The van der Waals surface area contributed by atoms with Crippen molar-refractivity contribution in [2.75, 3.05) is 13.7 Å². The van der Waals surface area contributed by atoms with Gasteiger partial charge in [0.2, 0.25) is 0 Å². The Morgan fingerprint density at radius 3 is 1.87 bits per heavy atom. The van der Waals surface area contributed by atoms with Crippen molar-refractivity contribution >= 4 is 5.97 Å². The summed E-state index contributed by atoms with van der Waals surface area (Å²) in [6.07, 6.45) is -1.27. The summed E-state index contributed by atoms with van der Waals surface area (Å²) < 4.78 is 38.1. The number of rotatable bonds is 8. The molecular weight excluding hydrogens is 390 g/mol. The number of aliphatic hydroxyl groups excluding tert-OH is 1. The number of ether oxygens (including phenoxy) is 2. The molecule has 1 N–H and O–H groups in total. The standard InChI is InChI=1S/C24H22F2O4/c1-29-23(28)22(27)24(18-7-11-20(25)12-8-18,19-9-13-21(26)14-10-19)30-16-15-17-5-3-2-4-6-17/h2-14,22,27H,15-16H2,1H3. The van der Waals surface area contributed by atoms with E-state index >= 15 is 0 Å². The van der Waals surface area contributed by atoms with Crippen LogP contribution in [-0.4, -0.2) is 30.9 Å². The summed E-state index contributed by atoms with van der Waals surface area (Å²) >= 11 is 0. The lowest BCUT2D eigenvalue weighted by molar-refractivity contribution is -0.170. The molecule has 0 radical (unpaired) electrons. The summed E-state index contributed by atoms with van der Waals surface area (Å²) in [6.45, 7) is 0.132. The monoisotopic (exact) mass is 412 g/mol. The molecule has 0 aromatic heterocycles. The van der Waals surface area contributed by atoms with Crippen molar-refractivity contribution in [1.82, 2.24) is 0 Å². The predicted molar refractivity (Wildman–Crippen MR) is 108 cm³/mol. The molecule has 4 nitrogen and oxygen atoms in total. The highest BCUT2D eigenvalue weighted by atomic mass is 19.1. The molecule has 3 aromatic rings. The second kappa shape index (κ2) is 9.61. The Morgan fingerprint density at radius 2 is 1.40 bits per heavy atom. The molecular formula is C24H22F2O4. The van der Waals surface area contributed by atoms with Gasteiger partial charge in [0.05, 0.1) is 13.7 Å². The van der Waals surface area contributed by atoms with Gasteiger partial charge in [-0.05, 0) is 47.4 Å². The number of carbonyl (C=O) groups excluding carboxylic acids is 1. The molecule has 0 saturated carbocycles. The zero-order valence-corrected chi connectivity index (χ0v) is 16.4. The molecule has 0 bridgehead atoms. The van der Waals surface area contributed by atoms with Gasteiger partial charge in [-0.2, -0.15) is 0 Å². The first kappa shape index (κ1) is 21.6. The van der Waals surface area contributed by atoms with E-state index in [0.29, 0.717) is 17.5 Å². The van der Waals surface area contributed by atoms with Crippen LogP contribution < -0.4 is 0 Å². The number of methoxy groups -OCH3 is 1. The quantitative estimate of drug-likeness (QED) is 0.568. The largest absolute Gasteiger partial charge is 0.467 e. The lowest BCUT2D eigenvalue weighted by atomic mass is 9.81. The summed E-state index contributed by atoms with van der Waals surface area (Å²) in [5, 5.41) is 11.0. The van der Waals surface area contributed by atoms with Crippen LogP contribution in [0, 0.1) is 11.6 Å². The predicted octanol–water partition coefficient (Wildman–Crippen LogP) is 4.00. The molecule has 0 saturated heterocycles. The van der Waals surface area contributed by atoms with E-state index in [-0.39, 0.29) is 6.61 Å². The second-order valence-corrected chi connectivity index (χ2v) is 6.76. The summed E-state index contributed by atoms with van der Waals surface area (Å²) in [6, 6.07) is 20.1. The van der Waals surface area contributed by atoms with E-state index < -0.39 is 29.3 Å². The van der Waals surface area contributed by atoms with Crippen LogP contribution in [0.1, 0.15) is 16.7 Å². The Hall–Kier alpha value is -3.09. The number of halogens is 2. The molecule has 1 atom stereocenters. The van der Waals surface area contributed by atoms with Gasteiger partial charge in [0.1, 0.15) is 11.6 Å². The van der Waals surface area contributed by atoms with Crippen molar-refractivity contribution in [1.29, 1.82) is 0 Å². The fourth-order valence-electron chi connectivity index (χ4n) is 3.38. The van der Waals surface area contributed by atoms with E-state index in [1.807, 2.05) is 30.3 Å². The van der Waals surface area contributed by atoms with Crippen LogP contribution in [0.3, 0.4) is 0 Å². The van der Waals surface area contributed by atoms with E-state index in [1.165, 1.54) is 48.5 Å². The van der Waals surface area contributed by atoms with Crippen molar-refractivity contribution in [2.45, 2.75) is 18.1 Å². The third kappa shape index (κ3) is 4.56. The Labute approximate surface area is 173 Å². The third-order valence-electron chi connectivity index (χ3n) is 4.92. The smallest absolute Gasteiger partial charge is 0.338 e. The highest BCUT2D eigenvalue weighted by molar-refractivity contribution is 5.77. The minimum absolute atomic E-state index is 0.132. The zero-order chi connectivity index (χ0) is 21.6. The average molecular weight is 412 g/mol. The molecule has 30 heavy (non-hydrogen) atoms. The first-order valence-electron chi connectivity index (χ1n) is 9.43. The van der Waals surface area contributed by atoms with Gasteiger partial charge >= 0.3 is 5.97 Å². The second-order valence-electron chi connectivity index (χ2n) is 6.76. The maximum Gasteiger partial charge on any atom is 0.338 e. The number of benzene rings is 3. The average Bonchev–Trinajstić information content (AvgIpc) is 2.78. The van der Waals surface area contributed by atoms with Crippen LogP contribution >= 0.6 is 0 Å². The Kier molecular flexibility index (Phi) is 6.92. The SMILES string of the molecule is COC(=O)C(O)C(OCCc1ccccc1)(c1ccc(F)cc1)c1ccc(F)cc1. The van der Waals surface area contributed by atoms with Gasteiger partial charge in [-0.15, -0.1) is 0 Å². The number of esters is 1. The number of aliphatic hydroxyl groups is 1. The molecule has 0 fully saturated rings. The molecule has 3 rings (SSSR count). The zero-order valence-electron chi connectivity index (χ0n) is 16.4. The number of hydrogen-bond acceptors (Lipinski definition) is 4. The molecule has 1 unspecified atom stereocenters. The van der Waals surface area contributed by atoms with Crippen LogP contribution in [0.5, 0.6) is 0 Å². The van der Waals surface area contributed by atoms with Crippen LogP contribution in [-0.2, 0) is 26.3 Å². The lowest BCUT2D eigenvalue weighted by Crippen LogP contribution is -2.48. The van der Waals surface area contributed by atoms with Gasteiger partial charge in [-0.25, -0.2) is 13.6 Å². The van der Waals surface area contributed by atoms with Gasteiger partial charge < -0.3 is 14.6 Å². The molecule has 0 heterocycles.